The SMILES string of the molecule is O=Cc1ccccc1C(=O)O.O=Cc1ccccc1O. The van der Waals surface area contributed by atoms with Crippen molar-refractivity contribution in [3.05, 3.63) is 65.2 Å². The summed E-state index contributed by atoms with van der Waals surface area (Å²) in [4.78, 5) is 30.8. The Morgan fingerprint density at radius 3 is 1.75 bits per heavy atom. The number of hydrogen-bond acceptors (Lipinski definition) is 4. The third-order valence-corrected chi connectivity index (χ3v) is 2.38. The highest BCUT2D eigenvalue weighted by atomic mass is 16.4. The van der Waals surface area contributed by atoms with E-state index in [1.54, 1.807) is 30.3 Å². The van der Waals surface area contributed by atoms with Gasteiger partial charge in [-0.3, -0.25) is 9.59 Å². The van der Waals surface area contributed by atoms with Crippen LogP contribution in [0.2, 0.25) is 0 Å². The normalized spacial score (nSPS) is 9.00. The number of benzene rings is 2. The van der Waals surface area contributed by atoms with E-state index < -0.39 is 5.97 Å². The van der Waals surface area contributed by atoms with E-state index in [4.69, 9.17) is 10.2 Å². The lowest BCUT2D eigenvalue weighted by Crippen LogP contribution is -2.00. The standard InChI is InChI=1S/C8H6O3.C7H6O2/c9-5-6-3-1-2-4-7(6)8(10)11;8-5-6-3-1-2-4-7(6)9/h1-5H,(H,10,11);1-5,9H. The Morgan fingerprint density at radius 1 is 0.850 bits per heavy atom. The van der Waals surface area contributed by atoms with E-state index in [9.17, 15) is 14.4 Å². The monoisotopic (exact) mass is 272 g/mol. The summed E-state index contributed by atoms with van der Waals surface area (Å²) >= 11 is 0. The van der Waals surface area contributed by atoms with Gasteiger partial charge < -0.3 is 10.2 Å². The van der Waals surface area contributed by atoms with Crippen molar-refractivity contribution in [2.75, 3.05) is 0 Å². The number of hydrogen-bond donors (Lipinski definition) is 2. The molecule has 0 saturated carbocycles. The van der Waals surface area contributed by atoms with Gasteiger partial charge in [0.25, 0.3) is 0 Å². The lowest BCUT2D eigenvalue weighted by Gasteiger charge is -1.95. The molecule has 0 aliphatic carbocycles. The van der Waals surface area contributed by atoms with E-state index >= 15 is 0 Å². The molecule has 0 bridgehead atoms. The average molecular weight is 272 g/mol. The smallest absolute Gasteiger partial charge is 0.336 e. The lowest BCUT2D eigenvalue weighted by molar-refractivity contribution is 0.0694. The molecule has 0 saturated heterocycles. The largest absolute Gasteiger partial charge is 0.507 e. The van der Waals surface area contributed by atoms with E-state index in [-0.39, 0.29) is 16.9 Å². The van der Waals surface area contributed by atoms with E-state index in [0.717, 1.165) is 0 Å². The molecule has 0 aliphatic heterocycles. The highest BCUT2D eigenvalue weighted by molar-refractivity contribution is 5.96. The second-order valence-corrected chi connectivity index (χ2v) is 3.69. The molecule has 0 unspecified atom stereocenters. The van der Waals surface area contributed by atoms with Gasteiger partial charge in [0, 0.05) is 5.56 Å². The first kappa shape index (κ1) is 15.1. The van der Waals surface area contributed by atoms with Crippen molar-refractivity contribution in [3.63, 3.8) is 0 Å². The third-order valence-electron chi connectivity index (χ3n) is 2.38. The van der Waals surface area contributed by atoms with Crippen molar-refractivity contribution in [1.29, 1.82) is 0 Å². The number of rotatable bonds is 3. The van der Waals surface area contributed by atoms with Crippen LogP contribution < -0.4 is 0 Å². The van der Waals surface area contributed by atoms with Crippen LogP contribution in [0.25, 0.3) is 0 Å². The van der Waals surface area contributed by atoms with E-state index in [1.807, 2.05) is 0 Å². The molecule has 102 valence electrons. The Bertz CT molecular complexity index is 619. The molecule has 0 radical (unpaired) electrons. The van der Waals surface area contributed by atoms with Crippen LogP contribution in [0.3, 0.4) is 0 Å². The van der Waals surface area contributed by atoms with Gasteiger partial charge in [-0.25, -0.2) is 4.79 Å². The molecule has 20 heavy (non-hydrogen) atoms. The number of para-hydroxylation sites is 1. The maximum atomic E-state index is 10.4. The first-order chi connectivity index (χ1) is 9.60. The zero-order chi connectivity index (χ0) is 15.0. The quantitative estimate of drug-likeness (QED) is 0.837. The van der Waals surface area contributed by atoms with Crippen LogP contribution in [0, 0.1) is 0 Å². The molecule has 0 heterocycles. The van der Waals surface area contributed by atoms with Gasteiger partial charge in [0.1, 0.15) is 5.75 Å². The van der Waals surface area contributed by atoms with Crippen LogP contribution >= 0.6 is 0 Å². The van der Waals surface area contributed by atoms with Crippen LogP contribution in [0.5, 0.6) is 5.75 Å². The lowest BCUT2D eigenvalue weighted by atomic mass is 10.1. The highest BCUT2D eigenvalue weighted by Crippen LogP contribution is 2.11. The van der Waals surface area contributed by atoms with Gasteiger partial charge in [0.05, 0.1) is 11.1 Å². The summed E-state index contributed by atoms with van der Waals surface area (Å²) < 4.78 is 0. The van der Waals surface area contributed by atoms with Crippen LogP contribution in [-0.2, 0) is 0 Å². The number of carbonyl (C=O) groups excluding carboxylic acids is 2. The van der Waals surface area contributed by atoms with Crippen molar-refractivity contribution >= 4 is 18.5 Å². The number of aldehydes is 2. The van der Waals surface area contributed by atoms with E-state index in [0.29, 0.717) is 18.1 Å². The van der Waals surface area contributed by atoms with Crippen molar-refractivity contribution in [3.8, 4) is 5.75 Å². The predicted molar refractivity (Wildman–Crippen MR) is 72.3 cm³/mol. The average Bonchev–Trinajstić information content (AvgIpc) is 2.48. The molecule has 0 fully saturated rings. The molecule has 2 aromatic rings. The van der Waals surface area contributed by atoms with Gasteiger partial charge >= 0.3 is 5.97 Å². The molecule has 0 atom stereocenters. The summed E-state index contributed by atoms with van der Waals surface area (Å²) in [5.74, 6) is -1.04. The summed E-state index contributed by atoms with van der Waals surface area (Å²) in [5, 5.41) is 17.4. The molecular formula is C15H12O5. The van der Waals surface area contributed by atoms with Crippen LogP contribution in [0.1, 0.15) is 31.1 Å². The molecule has 0 amide bonds. The Morgan fingerprint density at radius 2 is 1.35 bits per heavy atom. The molecule has 5 nitrogen and oxygen atoms in total. The number of carboxylic acid groups (broad SMARTS) is 1. The fourth-order valence-corrected chi connectivity index (χ4v) is 1.38. The Kier molecular flexibility index (Phi) is 5.65. The van der Waals surface area contributed by atoms with Crippen molar-refractivity contribution in [2.24, 2.45) is 0 Å². The number of phenols is 1. The van der Waals surface area contributed by atoms with Crippen molar-refractivity contribution in [1.82, 2.24) is 0 Å². The maximum absolute atomic E-state index is 10.4. The van der Waals surface area contributed by atoms with Gasteiger partial charge in [0.2, 0.25) is 0 Å². The molecule has 0 aliphatic rings. The van der Waals surface area contributed by atoms with Gasteiger partial charge in [-0.05, 0) is 18.2 Å². The van der Waals surface area contributed by atoms with Gasteiger partial charge in [-0.15, -0.1) is 0 Å². The zero-order valence-electron chi connectivity index (χ0n) is 10.4. The zero-order valence-corrected chi connectivity index (χ0v) is 10.4. The summed E-state index contributed by atoms with van der Waals surface area (Å²) in [6, 6.07) is 12.5. The van der Waals surface area contributed by atoms with Crippen LogP contribution in [0.4, 0.5) is 0 Å². The molecule has 0 spiro atoms. The van der Waals surface area contributed by atoms with Gasteiger partial charge in [-0.1, -0.05) is 30.3 Å². The Hall–Kier alpha value is -2.95. The van der Waals surface area contributed by atoms with E-state index in [1.165, 1.54) is 18.2 Å². The summed E-state index contributed by atoms with van der Waals surface area (Å²) in [7, 11) is 0. The Balaban J connectivity index is 0.000000204. The van der Waals surface area contributed by atoms with Crippen molar-refractivity contribution < 1.29 is 24.6 Å². The fraction of sp³-hybridized carbons (Fsp3) is 0. The summed E-state index contributed by atoms with van der Waals surface area (Å²) in [5.41, 5.74) is 0.583. The number of aromatic hydroxyl groups is 1. The van der Waals surface area contributed by atoms with Crippen LogP contribution in [-0.4, -0.2) is 28.8 Å². The van der Waals surface area contributed by atoms with E-state index in [2.05, 4.69) is 0 Å². The van der Waals surface area contributed by atoms with Crippen molar-refractivity contribution in [2.45, 2.75) is 0 Å². The minimum Gasteiger partial charge on any atom is -0.507 e. The minimum atomic E-state index is -1.08. The number of aromatic carboxylic acids is 1. The fourth-order valence-electron chi connectivity index (χ4n) is 1.38. The highest BCUT2D eigenvalue weighted by Gasteiger charge is 2.06. The van der Waals surface area contributed by atoms with Gasteiger partial charge in [0.15, 0.2) is 12.6 Å². The number of carboxylic acids is 1. The Labute approximate surface area is 115 Å². The maximum Gasteiger partial charge on any atom is 0.336 e. The molecule has 2 N–H and O–H groups in total. The minimum absolute atomic E-state index is 0.0347. The molecule has 2 aromatic carbocycles. The number of carbonyl (C=O) groups is 3. The number of phenolic OH excluding ortho intramolecular Hbond substituents is 1. The second kappa shape index (κ2) is 7.48. The first-order valence-electron chi connectivity index (χ1n) is 5.60. The topological polar surface area (TPSA) is 91.7 Å². The molecule has 0 aromatic heterocycles. The summed E-state index contributed by atoms with van der Waals surface area (Å²) in [6.45, 7) is 0. The second-order valence-electron chi connectivity index (χ2n) is 3.69. The summed E-state index contributed by atoms with van der Waals surface area (Å²) in [6.07, 6.45) is 1.15. The predicted octanol–water partition coefficient (Wildman–Crippen LogP) is 2.40. The molecular weight excluding hydrogens is 260 g/mol. The van der Waals surface area contributed by atoms with Gasteiger partial charge in [-0.2, -0.15) is 0 Å². The first-order valence-corrected chi connectivity index (χ1v) is 5.60. The molecule has 5 heteroatoms. The molecule has 2 rings (SSSR count). The third kappa shape index (κ3) is 4.06. The van der Waals surface area contributed by atoms with Crippen LogP contribution in [0.15, 0.2) is 48.5 Å².